The third-order valence-electron chi connectivity index (χ3n) is 1.76. The molecule has 4 heteroatoms. The molecule has 0 aliphatic carbocycles. The summed E-state index contributed by atoms with van der Waals surface area (Å²) in [6, 6.07) is 0. The summed E-state index contributed by atoms with van der Waals surface area (Å²) in [5.74, 6) is -0.806. The molecule has 0 fully saturated rings. The van der Waals surface area contributed by atoms with Crippen LogP contribution in [0.5, 0.6) is 0 Å². The quantitative estimate of drug-likeness (QED) is 0.614. The first-order chi connectivity index (χ1) is 6.06. The fourth-order valence-corrected chi connectivity index (χ4v) is 1.15. The summed E-state index contributed by atoms with van der Waals surface area (Å²) >= 11 is 0. The molecule has 1 atom stereocenters. The van der Waals surface area contributed by atoms with Crippen molar-refractivity contribution in [3.05, 3.63) is 0 Å². The van der Waals surface area contributed by atoms with Crippen molar-refractivity contribution in [3.63, 3.8) is 0 Å². The molecule has 2 N–H and O–H groups in total. The number of aliphatic carboxylic acids is 1. The maximum atomic E-state index is 10.4. The summed E-state index contributed by atoms with van der Waals surface area (Å²) in [4.78, 5) is 12.3. The summed E-state index contributed by atoms with van der Waals surface area (Å²) in [5, 5.41) is 17.6. The van der Waals surface area contributed by atoms with Crippen molar-refractivity contribution in [2.24, 2.45) is 0 Å². The Morgan fingerprint density at radius 3 is 2.46 bits per heavy atom. The van der Waals surface area contributed by atoms with E-state index in [1.807, 2.05) is 11.8 Å². The van der Waals surface area contributed by atoms with E-state index in [1.54, 1.807) is 6.92 Å². The normalized spacial score (nSPS) is 13.2. The maximum Gasteiger partial charge on any atom is 0.317 e. The molecular weight excluding hydrogens is 170 g/mol. The monoisotopic (exact) mass is 189 g/mol. The summed E-state index contributed by atoms with van der Waals surface area (Å²) in [6.07, 6.45) is 1.22. The van der Waals surface area contributed by atoms with Gasteiger partial charge in [0.15, 0.2) is 0 Å². The SMILES string of the molecule is CCCN(CCC(C)O)CC(=O)O. The number of rotatable bonds is 7. The Bertz CT molecular complexity index is 148. The first-order valence-corrected chi connectivity index (χ1v) is 4.68. The Morgan fingerprint density at radius 1 is 1.46 bits per heavy atom. The minimum atomic E-state index is -0.806. The van der Waals surface area contributed by atoms with E-state index in [1.165, 1.54) is 0 Å². The van der Waals surface area contributed by atoms with Crippen molar-refractivity contribution in [2.45, 2.75) is 32.8 Å². The van der Waals surface area contributed by atoms with Crippen LogP contribution in [0.25, 0.3) is 0 Å². The average molecular weight is 189 g/mol. The second-order valence-electron chi connectivity index (χ2n) is 3.31. The van der Waals surface area contributed by atoms with Crippen molar-refractivity contribution >= 4 is 5.97 Å². The number of carbonyl (C=O) groups is 1. The molecule has 0 heterocycles. The zero-order valence-electron chi connectivity index (χ0n) is 8.36. The number of hydrogen-bond donors (Lipinski definition) is 2. The molecule has 0 rings (SSSR count). The minimum absolute atomic E-state index is 0.0700. The van der Waals surface area contributed by atoms with Gasteiger partial charge in [0.1, 0.15) is 0 Å². The predicted octanol–water partition coefficient (Wildman–Crippen LogP) is 0.554. The van der Waals surface area contributed by atoms with Gasteiger partial charge in [-0.2, -0.15) is 0 Å². The highest BCUT2D eigenvalue weighted by molar-refractivity contribution is 5.69. The molecule has 0 aromatic heterocycles. The highest BCUT2D eigenvalue weighted by atomic mass is 16.4. The van der Waals surface area contributed by atoms with Crippen LogP contribution in [0.15, 0.2) is 0 Å². The van der Waals surface area contributed by atoms with E-state index in [0.717, 1.165) is 13.0 Å². The first-order valence-electron chi connectivity index (χ1n) is 4.68. The van der Waals surface area contributed by atoms with Crippen LogP contribution in [0.1, 0.15) is 26.7 Å². The zero-order chi connectivity index (χ0) is 10.3. The van der Waals surface area contributed by atoms with E-state index in [0.29, 0.717) is 13.0 Å². The van der Waals surface area contributed by atoms with Crippen LogP contribution in [0.4, 0.5) is 0 Å². The summed E-state index contributed by atoms with van der Waals surface area (Å²) < 4.78 is 0. The summed E-state index contributed by atoms with van der Waals surface area (Å²) in [7, 11) is 0. The molecule has 0 aromatic carbocycles. The molecule has 0 spiro atoms. The van der Waals surface area contributed by atoms with Gasteiger partial charge >= 0.3 is 5.97 Å². The molecule has 4 nitrogen and oxygen atoms in total. The van der Waals surface area contributed by atoms with E-state index in [2.05, 4.69) is 0 Å². The Hall–Kier alpha value is -0.610. The number of nitrogens with zero attached hydrogens (tertiary/aromatic N) is 1. The van der Waals surface area contributed by atoms with Crippen LogP contribution >= 0.6 is 0 Å². The van der Waals surface area contributed by atoms with Crippen molar-refractivity contribution < 1.29 is 15.0 Å². The molecule has 13 heavy (non-hydrogen) atoms. The highest BCUT2D eigenvalue weighted by Crippen LogP contribution is 1.97. The van der Waals surface area contributed by atoms with Gasteiger partial charge in [-0.25, -0.2) is 0 Å². The number of carboxylic acids is 1. The van der Waals surface area contributed by atoms with Crippen LogP contribution in [0.3, 0.4) is 0 Å². The fraction of sp³-hybridized carbons (Fsp3) is 0.889. The Balaban J connectivity index is 3.72. The lowest BCUT2D eigenvalue weighted by atomic mass is 10.2. The van der Waals surface area contributed by atoms with Gasteiger partial charge in [-0.3, -0.25) is 9.69 Å². The van der Waals surface area contributed by atoms with Gasteiger partial charge in [-0.1, -0.05) is 6.92 Å². The lowest BCUT2D eigenvalue weighted by Crippen LogP contribution is -2.32. The second kappa shape index (κ2) is 6.86. The van der Waals surface area contributed by atoms with E-state index in [4.69, 9.17) is 10.2 Å². The molecule has 1 unspecified atom stereocenters. The van der Waals surface area contributed by atoms with Crippen LogP contribution in [0.2, 0.25) is 0 Å². The van der Waals surface area contributed by atoms with E-state index in [9.17, 15) is 4.79 Å². The highest BCUT2D eigenvalue weighted by Gasteiger charge is 2.08. The topological polar surface area (TPSA) is 60.8 Å². The molecule has 0 aliphatic rings. The van der Waals surface area contributed by atoms with Crippen molar-refractivity contribution in [2.75, 3.05) is 19.6 Å². The number of carboxylic acid groups (broad SMARTS) is 1. The fourth-order valence-electron chi connectivity index (χ4n) is 1.15. The van der Waals surface area contributed by atoms with Crippen LogP contribution in [-0.4, -0.2) is 46.8 Å². The van der Waals surface area contributed by atoms with E-state index in [-0.39, 0.29) is 12.6 Å². The third-order valence-corrected chi connectivity index (χ3v) is 1.76. The van der Waals surface area contributed by atoms with Crippen LogP contribution in [0, 0.1) is 0 Å². The van der Waals surface area contributed by atoms with Gasteiger partial charge < -0.3 is 10.2 Å². The number of aliphatic hydroxyl groups is 1. The smallest absolute Gasteiger partial charge is 0.317 e. The molecule has 0 aromatic rings. The second-order valence-corrected chi connectivity index (χ2v) is 3.31. The average Bonchev–Trinajstić information content (AvgIpc) is 1.99. The van der Waals surface area contributed by atoms with Crippen LogP contribution < -0.4 is 0 Å². The molecule has 0 amide bonds. The van der Waals surface area contributed by atoms with Crippen molar-refractivity contribution in [1.82, 2.24) is 4.90 Å². The Morgan fingerprint density at radius 2 is 2.08 bits per heavy atom. The molecule has 0 aliphatic heterocycles. The molecule has 0 saturated heterocycles. The van der Waals surface area contributed by atoms with Gasteiger partial charge in [-0.05, 0) is 26.3 Å². The van der Waals surface area contributed by atoms with Crippen LogP contribution in [-0.2, 0) is 4.79 Å². The molecule has 78 valence electrons. The van der Waals surface area contributed by atoms with Gasteiger partial charge in [-0.15, -0.1) is 0 Å². The summed E-state index contributed by atoms with van der Waals surface area (Å²) in [5.41, 5.74) is 0. The maximum absolute atomic E-state index is 10.4. The summed E-state index contributed by atoms with van der Waals surface area (Å²) in [6.45, 7) is 5.22. The van der Waals surface area contributed by atoms with Gasteiger partial charge in [0.2, 0.25) is 0 Å². The third kappa shape index (κ3) is 7.74. The van der Waals surface area contributed by atoms with Crippen molar-refractivity contribution in [1.29, 1.82) is 0 Å². The largest absolute Gasteiger partial charge is 0.480 e. The number of aliphatic hydroxyl groups excluding tert-OH is 1. The molecule has 0 bridgehead atoms. The zero-order valence-corrected chi connectivity index (χ0v) is 8.36. The minimum Gasteiger partial charge on any atom is -0.480 e. The van der Waals surface area contributed by atoms with E-state index >= 15 is 0 Å². The Labute approximate surface area is 79.2 Å². The number of hydrogen-bond acceptors (Lipinski definition) is 3. The van der Waals surface area contributed by atoms with Gasteiger partial charge in [0.05, 0.1) is 12.6 Å². The predicted molar refractivity (Wildman–Crippen MR) is 50.7 cm³/mol. The van der Waals surface area contributed by atoms with E-state index < -0.39 is 5.97 Å². The first kappa shape index (κ1) is 12.4. The lowest BCUT2D eigenvalue weighted by Gasteiger charge is -2.19. The molecule has 0 radical (unpaired) electrons. The van der Waals surface area contributed by atoms with Gasteiger partial charge in [0.25, 0.3) is 0 Å². The van der Waals surface area contributed by atoms with Crippen molar-refractivity contribution in [3.8, 4) is 0 Å². The molecule has 0 saturated carbocycles. The standard InChI is InChI=1S/C9H19NO3/c1-3-5-10(7-9(12)13)6-4-8(2)11/h8,11H,3-7H2,1-2H3,(H,12,13). The molecular formula is C9H19NO3. The lowest BCUT2D eigenvalue weighted by molar-refractivity contribution is -0.138. The Kier molecular flexibility index (Phi) is 6.54. The van der Waals surface area contributed by atoms with Gasteiger partial charge in [0, 0.05) is 6.54 Å².